The van der Waals surface area contributed by atoms with Gasteiger partial charge in [0.25, 0.3) is 0 Å². The highest BCUT2D eigenvalue weighted by Gasteiger charge is 2.13. The van der Waals surface area contributed by atoms with Crippen LogP contribution in [-0.2, 0) is 19.2 Å². The van der Waals surface area contributed by atoms with E-state index in [2.05, 4.69) is 30.7 Å². The molecule has 0 rings (SSSR count). The minimum Gasteiger partial charge on any atom is -0.465 e. The van der Waals surface area contributed by atoms with Crippen LogP contribution >= 0.6 is 0 Å². The van der Waals surface area contributed by atoms with Gasteiger partial charge in [-0.15, -0.1) is 0 Å². The van der Waals surface area contributed by atoms with Crippen molar-refractivity contribution in [3.05, 3.63) is 0 Å². The maximum atomic E-state index is 10.7. The fourth-order valence-electron chi connectivity index (χ4n) is 0.492. The largest absolute Gasteiger partial charge is 0.550 e. The minimum absolute atomic E-state index is 0.341. The fourth-order valence-corrected chi connectivity index (χ4v) is 0.492. The fraction of sp³-hybridized carbons (Fsp3) is 0.600. The molecular weight excluding hydrogens is 308 g/mol. The molecule has 0 fully saturated rings. The summed E-state index contributed by atoms with van der Waals surface area (Å²) in [6.07, 6.45) is -5.51. The SMILES string of the molecule is CC(C)OC(=O)OOC(=O)OC(C)C.NC(=O)O.NC(=O)O. The highest BCUT2D eigenvalue weighted by Crippen LogP contribution is 1.97. The van der Waals surface area contributed by atoms with Crippen molar-refractivity contribution in [3.63, 3.8) is 0 Å². The van der Waals surface area contributed by atoms with Gasteiger partial charge in [-0.3, -0.25) is 0 Å². The van der Waals surface area contributed by atoms with Gasteiger partial charge in [-0.05, 0) is 27.7 Å². The third kappa shape index (κ3) is 43.5. The first-order valence-corrected chi connectivity index (χ1v) is 5.61. The number of carbonyl (C=O) groups excluding carboxylic acids is 2. The molecule has 0 bridgehead atoms. The summed E-state index contributed by atoms with van der Waals surface area (Å²) in [5, 5.41) is 14.4. The lowest BCUT2D eigenvalue weighted by atomic mass is 10.5. The number of primary amides is 2. The molecule has 0 aromatic carbocycles. The van der Waals surface area contributed by atoms with Crippen molar-refractivity contribution in [1.29, 1.82) is 0 Å². The van der Waals surface area contributed by atoms with Crippen LogP contribution in [0.5, 0.6) is 0 Å². The van der Waals surface area contributed by atoms with Gasteiger partial charge in [0, 0.05) is 0 Å². The van der Waals surface area contributed by atoms with Gasteiger partial charge in [0.05, 0.1) is 12.2 Å². The Labute approximate surface area is 125 Å². The topological polar surface area (TPSA) is 198 Å². The molecule has 0 unspecified atom stereocenters. The van der Waals surface area contributed by atoms with E-state index in [0.29, 0.717) is 0 Å². The van der Waals surface area contributed by atoms with Crippen LogP contribution in [0.3, 0.4) is 0 Å². The zero-order valence-electron chi connectivity index (χ0n) is 12.5. The van der Waals surface area contributed by atoms with Crippen LogP contribution < -0.4 is 11.5 Å². The Morgan fingerprint density at radius 3 is 1.05 bits per heavy atom. The van der Waals surface area contributed by atoms with E-state index in [1.807, 2.05) is 0 Å². The smallest absolute Gasteiger partial charge is 0.465 e. The normalized spacial score (nSPS) is 8.45. The number of carbonyl (C=O) groups is 4. The van der Waals surface area contributed by atoms with E-state index in [-0.39, 0.29) is 12.2 Å². The predicted molar refractivity (Wildman–Crippen MR) is 69.8 cm³/mol. The first kappa shape index (κ1) is 24.1. The van der Waals surface area contributed by atoms with Crippen molar-refractivity contribution >= 4 is 24.5 Å². The maximum Gasteiger partial charge on any atom is 0.550 e. The zero-order chi connectivity index (χ0) is 18.3. The predicted octanol–water partition coefficient (Wildman–Crippen LogP) is 1.27. The molecule has 0 radical (unpaired) electrons. The molecule has 12 nitrogen and oxygen atoms in total. The molecule has 22 heavy (non-hydrogen) atoms. The third-order valence-electron chi connectivity index (χ3n) is 0.842. The average molecular weight is 328 g/mol. The highest BCUT2D eigenvalue weighted by atomic mass is 17.3. The Hall–Kier alpha value is -2.92. The van der Waals surface area contributed by atoms with E-state index in [0.717, 1.165) is 0 Å². The number of ether oxygens (including phenoxy) is 2. The van der Waals surface area contributed by atoms with Gasteiger partial charge in [-0.25, -0.2) is 9.59 Å². The van der Waals surface area contributed by atoms with E-state index in [1.165, 1.54) is 0 Å². The Kier molecular flexibility index (Phi) is 15.9. The molecule has 12 heteroatoms. The summed E-state index contributed by atoms with van der Waals surface area (Å²) in [7, 11) is 0. The molecule has 2 amide bonds. The third-order valence-corrected chi connectivity index (χ3v) is 0.842. The Balaban J connectivity index is -0.000000372. The molecular formula is C10H20N2O10. The van der Waals surface area contributed by atoms with Crippen molar-refractivity contribution in [2.75, 3.05) is 0 Å². The summed E-state index contributed by atoms with van der Waals surface area (Å²) < 4.78 is 9.02. The average Bonchev–Trinajstić information content (AvgIpc) is 2.22. The second kappa shape index (κ2) is 14.5. The molecule has 0 saturated heterocycles. The molecule has 6 N–H and O–H groups in total. The van der Waals surface area contributed by atoms with Crippen molar-refractivity contribution in [3.8, 4) is 0 Å². The molecule has 0 saturated carbocycles. The first-order chi connectivity index (χ1) is 9.88. The molecule has 0 spiro atoms. The summed E-state index contributed by atoms with van der Waals surface area (Å²) in [6, 6.07) is 0. The van der Waals surface area contributed by atoms with Crippen molar-refractivity contribution < 1.29 is 48.6 Å². The molecule has 0 aliphatic heterocycles. The summed E-state index contributed by atoms with van der Waals surface area (Å²) in [5.74, 6) is 0. The maximum absolute atomic E-state index is 10.7. The number of hydrogen-bond donors (Lipinski definition) is 4. The summed E-state index contributed by atoms with van der Waals surface area (Å²) in [5.41, 5.74) is 8.06. The summed E-state index contributed by atoms with van der Waals surface area (Å²) >= 11 is 0. The van der Waals surface area contributed by atoms with Crippen LogP contribution in [0.25, 0.3) is 0 Å². The second-order valence-corrected chi connectivity index (χ2v) is 3.68. The van der Waals surface area contributed by atoms with Crippen LogP contribution in [0.1, 0.15) is 27.7 Å². The van der Waals surface area contributed by atoms with Crippen LogP contribution in [0.2, 0.25) is 0 Å². The van der Waals surface area contributed by atoms with Crippen molar-refractivity contribution in [2.24, 2.45) is 11.5 Å². The van der Waals surface area contributed by atoms with Gasteiger partial charge in [0.2, 0.25) is 0 Å². The van der Waals surface area contributed by atoms with Gasteiger partial charge < -0.3 is 31.2 Å². The Bertz CT molecular complexity index is 314. The van der Waals surface area contributed by atoms with Crippen LogP contribution in [-0.4, -0.2) is 46.9 Å². The lowest BCUT2D eigenvalue weighted by Crippen LogP contribution is -2.18. The van der Waals surface area contributed by atoms with Gasteiger partial charge >= 0.3 is 24.5 Å². The zero-order valence-corrected chi connectivity index (χ0v) is 12.5. The van der Waals surface area contributed by atoms with Crippen LogP contribution in [0.4, 0.5) is 19.2 Å². The van der Waals surface area contributed by atoms with E-state index >= 15 is 0 Å². The van der Waals surface area contributed by atoms with Crippen LogP contribution in [0.15, 0.2) is 0 Å². The van der Waals surface area contributed by atoms with Crippen LogP contribution in [0, 0.1) is 0 Å². The standard InChI is InChI=1S/C8H14O6.2CH3NO2/c1-5(2)11-7(9)13-14-8(10)12-6(3)4;2*2-1(3)4/h5-6H,1-4H3;2*2H2,(H,3,4). The number of hydrogen-bond acceptors (Lipinski definition) is 8. The van der Waals surface area contributed by atoms with Crippen molar-refractivity contribution in [2.45, 2.75) is 39.9 Å². The number of rotatable bonds is 2. The second-order valence-electron chi connectivity index (χ2n) is 3.68. The molecule has 0 aliphatic rings. The van der Waals surface area contributed by atoms with E-state index in [9.17, 15) is 9.59 Å². The molecule has 0 aromatic heterocycles. The molecule has 130 valence electrons. The van der Waals surface area contributed by atoms with Gasteiger partial charge in [-0.1, -0.05) is 0 Å². The first-order valence-electron chi connectivity index (χ1n) is 5.61. The molecule has 0 aromatic rings. The summed E-state index contributed by atoms with van der Waals surface area (Å²) in [4.78, 5) is 46.8. The number of carboxylic acid groups (broad SMARTS) is 2. The van der Waals surface area contributed by atoms with Crippen molar-refractivity contribution in [1.82, 2.24) is 0 Å². The van der Waals surface area contributed by atoms with E-state index < -0.39 is 24.5 Å². The van der Waals surface area contributed by atoms with Gasteiger partial charge in [0.15, 0.2) is 0 Å². The number of nitrogens with two attached hydrogens (primary N) is 2. The Morgan fingerprint density at radius 1 is 0.727 bits per heavy atom. The Morgan fingerprint density at radius 2 is 0.909 bits per heavy atom. The molecule has 0 aliphatic carbocycles. The van der Waals surface area contributed by atoms with E-state index in [1.54, 1.807) is 27.7 Å². The lowest BCUT2D eigenvalue weighted by Gasteiger charge is -2.08. The number of amides is 2. The van der Waals surface area contributed by atoms with Gasteiger partial charge in [-0.2, -0.15) is 19.4 Å². The van der Waals surface area contributed by atoms with Gasteiger partial charge in [0.1, 0.15) is 0 Å². The molecule has 0 heterocycles. The molecule has 0 atom stereocenters. The minimum atomic E-state index is -1.33. The monoisotopic (exact) mass is 328 g/mol. The quantitative estimate of drug-likeness (QED) is 0.325. The summed E-state index contributed by atoms with van der Waals surface area (Å²) in [6.45, 7) is 6.53. The lowest BCUT2D eigenvalue weighted by molar-refractivity contribution is -0.222. The van der Waals surface area contributed by atoms with E-state index in [4.69, 9.17) is 19.8 Å². The highest BCUT2D eigenvalue weighted by molar-refractivity contribution is 5.63.